The van der Waals surface area contributed by atoms with Crippen LogP contribution >= 0.6 is 24.0 Å². The molecule has 2 aromatic carbocycles. The third kappa shape index (κ3) is 5.22. The van der Waals surface area contributed by atoms with Gasteiger partial charge in [-0.15, -0.1) is 24.0 Å². The van der Waals surface area contributed by atoms with Crippen LogP contribution in [0.15, 0.2) is 53.5 Å². The lowest BCUT2D eigenvalue weighted by Crippen LogP contribution is -2.38. The van der Waals surface area contributed by atoms with Crippen LogP contribution in [0.2, 0.25) is 0 Å². The van der Waals surface area contributed by atoms with Gasteiger partial charge < -0.3 is 15.2 Å². The smallest absolute Gasteiger partial charge is 0.191 e. The van der Waals surface area contributed by atoms with E-state index < -0.39 is 0 Å². The quantitative estimate of drug-likeness (QED) is 0.322. The number of aryl methyl sites for hydroxylation is 2. The largest absolute Gasteiger partial charge is 0.355 e. The standard InChI is InChI=1S/C21H27N5.HI/c1-4-17-9-5-6-10-18(17)15-24-21(22-3)23-13-14-26-16(2)25-19-11-7-8-12-20(19)26;/h5-12H,4,13-15H2,1-3H3,(H2,22,23,24);1H. The highest BCUT2D eigenvalue weighted by molar-refractivity contribution is 14.0. The van der Waals surface area contributed by atoms with Crippen LogP contribution in [0.25, 0.3) is 11.0 Å². The molecule has 3 aromatic rings. The number of para-hydroxylation sites is 2. The third-order valence-corrected chi connectivity index (χ3v) is 4.64. The lowest BCUT2D eigenvalue weighted by molar-refractivity contribution is 0.659. The molecule has 5 nitrogen and oxygen atoms in total. The molecule has 0 aliphatic heterocycles. The molecule has 0 spiro atoms. The average molecular weight is 477 g/mol. The number of imidazole rings is 1. The van der Waals surface area contributed by atoms with Gasteiger partial charge in [0, 0.05) is 26.7 Å². The van der Waals surface area contributed by atoms with E-state index in [0.717, 1.165) is 43.4 Å². The summed E-state index contributed by atoms with van der Waals surface area (Å²) in [5.74, 6) is 1.85. The zero-order valence-corrected chi connectivity index (χ0v) is 18.5. The summed E-state index contributed by atoms with van der Waals surface area (Å²) in [5, 5.41) is 6.80. The maximum atomic E-state index is 4.62. The minimum atomic E-state index is 0. The molecule has 0 radical (unpaired) electrons. The second kappa shape index (κ2) is 10.3. The van der Waals surface area contributed by atoms with Crippen LogP contribution in [0.1, 0.15) is 23.9 Å². The number of rotatable bonds is 6. The van der Waals surface area contributed by atoms with Gasteiger partial charge in [0.25, 0.3) is 0 Å². The van der Waals surface area contributed by atoms with Crippen molar-refractivity contribution in [3.8, 4) is 0 Å². The molecule has 0 fully saturated rings. The van der Waals surface area contributed by atoms with Gasteiger partial charge in [0.15, 0.2) is 5.96 Å². The minimum Gasteiger partial charge on any atom is -0.355 e. The molecule has 0 amide bonds. The average Bonchev–Trinajstić information content (AvgIpc) is 3.00. The van der Waals surface area contributed by atoms with Gasteiger partial charge in [-0.2, -0.15) is 0 Å². The van der Waals surface area contributed by atoms with Crippen molar-refractivity contribution in [2.45, 2.75) is 33.4 Å². The van der Waals surface area contributed by atoms with E-state index in [9.17, 15) is 0 Å². The molecule has 2 N–H and O–H groups in total. The van der Waals surface area contributed by atoms with Crippen molar-refractivity contribution < 1.29 is 0 Å². The molecule has 0 saturated heterocycles. The lowest BCUT2D eigenvalue weighted by atomic mass is 10.1. The van der Waals surface area contributed by atoms with Crippen molar-refractivity contribution in [3.63, 3.8) is 0 Å². The molecule has 3 rings (SSSR count). The van der Waals surface area contributed by atoms with Gasteiger partial charge in [-0.3, -0.25) is 4.99 Å². The topological polar surface area (TPSA) is 54.2 Å². The molecular weight excluding hydrogens is 449 g/mol. The van der Waals surface area contributed by atoms with Gasteiger partial charge in [-0.1, -0.05) is 43.3 Å². The molecule has 144 valence electrons. The molecule has 0 saturated carbocycles. The summed E-state index contributed by atoms with van der Waals surface area (Å²) in [4.78, 5) is 8.95. The fraction of sp³-hybridized carbons (Fsp3) is 0.333. The summed E-state index contributed by atoms with van der Waals surface area (Å²) >= 11 is 0. The Kier molecular flexibility index (Phi) is 8.09. The molecule has 1 aromatic heterocycles. The molecule has 0 aliphatic carbocycles. The first kappa shape index (κ1) is 21.2. The summed E-state index contributed by atoms with van der Waals surface area (Å²) in [5.41, 5.74) is 4.90. The van der Waals surface area contributed by atoms with Crippen molar-refractivity contribution in [3.05, 3.63) is 65.5 Å². The Hall–Kier alpha value is -2.09. The van der Waals surface area contributed by atoms with Crippen LogP contribution in [0, 0.1) is 6.92 Å². The van der Waals surface area contributed by atoms with E-state index in [-0.39, 0.29) is 24.0 Å². The van der Waals surface area contributed by atoms with Crippen LogP contribution in [0.4, 0.5) is 0 Å². The summed E-state index contributed by atoms with van der Waals surface area (Å²) in [6.07, 6.45) is 1.04. The fourth-order valence-electron chi connectivity index (χ4n) is 3.24. The first-order valence-electron chi connectivity index (χ1n) is 9.16. The number of nitrogens with one attached hydrogen (secondary N) is 2. The fourth-order valence-corrected chi connectivity index (χ4v) is 3.24. The molecular formula is C21H28IN5. The van der Waals surface area contributed by atoms with E-state index in [1.165, 1.54) is 16.6 Å². The van der Waals surface area contributed by atoms with Gasteiger partial charge in [0.2, 0.25) is 0 Å². The summed E-state index contributed by atoms with van der Waals surface area (Å²) in [6, 6.07) is 16.8. The normalized spacial score (nSPS) is 11.3. The number of nitrogens with zero attached hydrogens (tertiary/aromatic N) is 3. The van der Waals surface area contributed by atoms with Crippen molar-refractivity contribution in [2.24, 2.45) is 4.99 Å². The zero-order valence-electron chi connectivity index (χ0n) is 16.2. The van der Waals surface area contributed by atoms with Gasteiger partial charge in [-0.25, -0.2) is 4.98 Å². The van der Waals surface area contributed by atoms with Crippen LogP contribution in [-0.4, -0.2) is 29.1 Å². The number of halogens is 1. The Morgan fingerprint density at radius 3 is 2.48 bits per heavy atom. The van der Waals surface area contributed by atoms with Crippen molar-refractivity contribution in [1.82, 2.24) is 20.2 Å². The molecule has 0 atom stereocenters. The van der Waals surface area contributed by atoms with Crippen molar-refractivity contribution in [2.75, 3.05) is 13.6 Å². The first-order valence-corrected chi connectivity index (χ1v) is 9.16. The SMILES string of the molecule is CCc1ccccc1CNC(=NC)NCCn1c(C)nc2ccccc21.I. The molecule has 6 heteroatoms. The summed E-state index contributed by atoms with van der Waals surface area (Å²) in [7, 11) is 1.80. The van der Waals surface area contributed by atoms with Gasteiger partial charge >= 0.3 is 0 Å². The highest BCUT2D eigenvalue weighted by atomic mass is 127. The number of hydrogen-bond donors (Lipinski definition) is 2. The van der Waals surface area contributed by atoms with E-state index in [1.807, 2.05) is 6.07 Å². The van der Waals surface area contributed by atoms with E-state index >= 15 is 0 Å². The number of hydrogen-bond acceptors (Lipinski definition) is 2. The van der Waals surface area contributed by atoms with Crippen molar-refractivity contribution >= 4 is 41.0 Å². The Bertz CT molecular complexity index is 900. The van der Waals surface area contributed by atoms with Gasteiger partial charge in [-0.05, 0) is 36.6 Å². The first-order chi connectivity index (χ1) is 12.7. The Balaban J connectivity index is 0.00000261. The maximum absolute atomic E-state index is 4.62. The van der Waals surface area contributed by atoms with Crippen LogP contribution in [0.3, 0.4) is 0 Å². The third-order valence-electron chi connectivity index (χ3n) is 4.64. The monoisotopic (exact) mass is 477 g/mol. The molecule has 0 unspecified atom stereocenters. The highest BCUT2D eigenvalue weighted by Crippen LogP contribution is 2.14. The number of guanidine groups is 1. The zero-order chi connectivity index (χ0) is 18.4. The Morgan fingerprint density at radius 1 is 1.04 bits per heavy atom. The van der Waals surface area contributed by atoms with E-state index in [0.29, 0.717) is 0 Å². The Morgan fingerprint density at radius 2 is 1.74 bits per heavy atom. The summed E-state index contributed by atoms with van der Waals surface area (Å²) in [6.45, 7) is 6.64. The Labute approximate surface area is 178 Å². The van der Waals surface area contributed by atoms with E-state index in [1.54, 1.807) is 7.05 Å². The molecule has 27 heavy (non-hydrogen) atoms. The van der Waals surface area contributed by atoms with Gasteiger partial charge in [0.05, 0.1) is 11.0 Å². The summed E-state index contributed by atoms with van der Waals surface area (Å²) < 4.78 is 2.24. The highest BCUT2D eigenvalue weighted by Gasteiger charge is 2.07. The van der Waals surface area contributed by atoms with Crippen molar-refractivity contribution in [1.29, 1.82) is 0 Å². The predicted molar refractivity (Wildman–Crippen MR) is 124 cm³/mol. The molecule has 0 bridgehead atoms. The number of aliphatic imine (C=N–C) groups is 1. The van der Waals surface area contributed by atoms with Crippen LogP contribution in [0.5, 0.6) is 0 Å². The maximum Gasteiger partial charge on any atom is 0.191 e. The second-order valence-electron chi connectivity index (χ2n) is 6.27. The lowest BCUT2D eigenvalue weighted by Gasteiger charge is -2.14. The number of fused-ring (bicyclic) bond motifs is 1. The van der Waals surface area contributed by atoms with Crippen LogP contribution < -0.4 is 10.6 Å². The second-order valence-corrected chi connectivity index (χ2v) is 6.27. The number of aromatic nitrogens is 2. The van der Waals surface area contributed by atoms with E-state index in [2.05, 4.69) is 81.5 Å². The molecule has 1 heterocycles. The van der Waals surface area contributed by atoms with Crippen LogP contribution in [-0.2, 0) is 19.5 Å². The molecule has 0 aliphatic rings. The predicted octanol–water partition coefficient (Wildman–Crippen LogP) is 3.89. The van der Waals surface area contributed by atoms with E-state index in [4.69, 9.17) is 0 Å². The van der Waals surface area contributed by atoms with Gasteiger partial charge in [0.1, 0.15) is 5.82 Å². The minimum absolute atomic E-state index is 0. The number of benzene rings is 2.